The molecule has 0 unspecified atom stereocenters. The number of hydrogen-bond donors (Lipinski definition) is 1. The molecule has 4 aromatic rings. The van der Waals surface area contributed by atoms with Gasteiger partial charge in [0.1, 0.15) is 23.3 Å². The summed E-state index contributed by atoms with van der Waals surface area (Å²) in [6, 6.07) is 17.9. The highest BCUT2D eigenvalue weighted by Gasteiger charge is 2.10. The molecule has 23 heavy (non-hydrogen) atoms. The van der Waals surface area contributed by atoms with Gasteiger partial charge in [0.2, 0.25) is 11.2 Å². The zero-order valence-electron chi connectivity index (χ0n) is 12.0. The van der Waals surface area contributed by atoms with E-state index in [1.165, 1.54) is 24.5 Å². The van der Waals surface area contributed by atoms with Crippen LogP contribution in [0.25, 0.3) is 21.7 Å². The zero-order chi connectivity index (χ0) is 15.8. The Labute approximate surface area is 131 Å². The topological polar surface area (TPSA) is 59.7 Å². The molecule has 1 aromatic heterocycles. The number of ether oxygens (including phenoxy) is 1. The highest BCUT2D eigenvalue weighted by Crippen LogP contribution is 2.26. The minimum Gasteiger partial charge on any atom is -0.508 e. The summed E-state index contributed by atoms with van der Waals surface area (Å²) in [6.07, 6.45) is 1.26. The van der Waals surface area contributed by atoms with Crippen molar-refractivity contribution in [2.45, 2.75) is 0 Å². The van der Waals surface area contributed by atoms with Crippen molar-refractivity contribution in [2.24, 2.45) is 0 Å². The van der Waals surface area contributed by atoms with E-state index in [1.54, 1.807) is 0 Å². The molecule has 4 rings (SSSR count). The lowest BCUT2D eigenvalue weighted by molar-refractivity contribution is 0.449. The zero-order valence-corrected chi connectivity index (χ0v) is 12.0. The molecule has 0 spiro atoms. The van der Waals surface area contributed by atoms with Crippen molar-refractivity contribution in [3.8, 4) is 17.2 Å². The molecule has 0 aliphatic rings. The molecule has 0 aliphatic heterocycles. The Morgan fingerprint density at radius 1 is 0.913 bits per heavy atom. The molecular weight excluding hydrogens is 292 g/mol. The second-order valence-corrected chi connectivity index (χ2v) is 5.22. The van der Waals surface area contributed by atoms with Gasteiger partial charge in [0.15, 0.2) is 0 Å². The first-order valence-electron chi connectivity index (χ1n) is 7.12. The molecule has 0 radical (unpaired) electrons. The van der Waals surface area contributed by atoms with E-state index in [2.05, 4.69) is 0 Å². The summed E-state index contributed by atoms with van der Waals surface area (Å²) in [5.41, 5.74) is 0.0419. The van der Waals surface area contributed by atoms with E-state index in [-0.39, 0.29) is 16.9 Å². The van der Waals surface area contributed by atoms with Crippen molar-refractivity contribution >= 4 is 21.7 Å². The molecule has 3 aromatic carbocycles. The Kier molecular flexibility index (Phi) is 3.01. The summed E-state index contributed by atoms with van der Waals surface area (Å²) in [6.45, 7) is 0. The summed E-state index contributed by atoms with van der Waals surface area (Å²) in [5.74, 6) is 0.719. The van der Waals surface area contributed by atoms with Gasteiger partial charge in [0, 0.05) is 6.07 Å². The molecule has 0 bridgehead atoms. The summed E-state index contributed by atoms with van der Waals surface area (Å²) >= 11 is 0. The second-order valence-electron chi connectivity index (χ2n) is 5.22. The number of phenols is 1. The van der Waals surface area contributed by atoms with Gasteiger partial charge in [-0.1, -0.05) is 30.3 Å². The van der Waals surface area contributed by atoms with Crippen LogP contribution in [-0.4, -0.2) is 5.11 Å². The lowest BCUT2D eigenvalue weighted by atomic mass is 10.1. The van der Waals surface area contributed by atoms with Gasteiger partial charge in [-0.05, 0) is 35.0 Å². The Hall–Kier alpha value is -3.27. The molecule has 1 N–H and O–H groups in total. The fraction of sp³-hybridized carbons (Fsp3) is 0. The van der Waals surface area contributed by atoms with Gasteiger partial charge in [-0.3, -0.25) is 4.79 Å². The number of phenolic OH excluding ortho intramolecular Hbond substituents is 1. The molecule has 0 saturated carbocycles. The van der Waals surface area contributed by atoms with Gasteiger partial charge in [0.05, 0.1) is 5.39 Å². The second kappa shape index (κ2) is 5.18. The number of benzene rings is 3. The van der Waals surface area contributed by atoms with Crippen LogP contribution in [0.2, 0.25) is 0 Å². The molecule has 0 aliphatic carbocycles. The predicted molar refractivity (Wildman–Crippen MR) is 88.2 cm³/mol. The molecular formula is C19H12O4. The minimum atomic E-state index is -0.278. The van der Waals surface area contributed by atoms with Crippen molar-refractivity contribution in [3.63, 3.8) is 0 Å². The van der Waals surface area contributed by atoms with Crippen molar-refractivity contribution in [3.05, 3.63) is 77.2 Å². The van der Waals surface area contributed by atoms with E-state index in [1.807, 2.05) is 42.5 Å². The van der Waals surface area contributed by atoms with Gasteiger partial charge in [-0.25, -0.2) is 0 Å². The average Bonchev–Trinajstić information content (AvgIpc) is 2.57. The maximum Gasteiger partial charge on any atom is 0.235 e. The highest BCUT2D eigenvalue weighted by atomic mass is 16.5. The lowest BCUT2D eigenvalue weighted by Gasteiger charge is -2.07. The Bertz CT molecular complexity index is 1080. The third-order valence-electron chi connectivity index (χ3n) is 3.68. The van der Waals surface area contributed by atoms with Crippen LogP contribution in [0.4, 0.5) is 0 Å². The van der Waals surface area contributed by atoms with Gasteiger partial charge in [0.25, 0.3) is 0 Å². The number of rotatable bonds is 2. The van der Waals surface area contributed by atoms with Crippen LogP contribution in [0.5, 0.6) is 17.2 Å². The average molecular weight is 304 g/mol. The summed E-state index contributed by atoms with van der Waals surface area (Å²) in [5, 5.41) is 11.9. The standard InChI is InChI=1S/C19H12O4/c20-14-6-8-16-17(10-14)22-11-18(19(16)21)23-15-7-5-12-3-1-2-4-13(12)9-15/h1-11,20H. The van der Waals surface area contributed by atoms with Crippen LogP contribution in [0.3, 0.4) is 0 Å². The van der Waals surface area contributed by atoms with Crippen molar-refractivity contribution < 1.29 is 14.3 Å². The first-order chi connectivity index (χ1) is 11.2. The predicted octanol–water partition coefficient (Wildman–Crippen LogP) is 4.44. The summed E-state index contributed by atoms with van der Waals surface area (Å²) in [7, 11) is 0. The monoisotopic (exact) mass is 304 g/mol. The highest BCUT2D eigenvalue weighted by molar-refractivity contribution is 5.84. The quantitative estimate of drug-likeness (QED) is 0.594. The van der Waals surface area contributed by atoms with Crippen LogP contribution in [-0.2, 0) is 0 Å². The molecule has 4 nitrogen and oxygen atoms in total. The Balaban J connectivity index is 1.78. The van der Waals surface area contributed by atoms with Crippen molar-refractivity contribution in [1.29, 1.82) is 0 Å². The van der Waals surface area contributed by atoms with Gasteiger partial charge >= 0.3 is 0 Å². The maximum absolute atomic E-state index is 12.4. The number of fused-ring (bicyclic) bond motifs is 2. The fourth-order valence-electron chi connectivity index (χ4n) is 2.53. The third kappa shape index (κ3) is 2.40. The van der Waals surface area contributed by atoms with Crippen LogP contribution in [0, 0.1) is 0 Å². The van der Waals surface area contributed by atoms with E-state index in [9.17, 15) is 9.90 Å². The number of aromatic hydroxyl groups is 1. The molecule has 0 fully saturated rings. The van der Waals surface area contributed by atoms with E-state index in [0.717, 1.165) is 10.8 Å². The van der Waals surface area contributed by atoms with E-state index in [4.69, 9.17) is 9.15 Å². The van der Waals surface area contributed by atoms with Crippen LogP contribution in [0.1, 0.15) is 0 Å². The minimum absolute atomic E-state index is 0.0452. The van der Waals surface area contributed by atoms with E-state index in [0.29, 0.717) is 16.7 Å². The van der Waals surface area contributed by atoms with Crippen molar-refractivity contribution in [2.75, 3.05) is 0 Å². The van der Waals surface area contributed by atoms with Gasteiger partial charge in [-0.15, -0.1) is 0 Å². The molecule has 0 atom stereocenters. The van der Waals surface area contributed by atoms with Gasteiger partial charge in [-0.2, -0.15) is 0 Å². The normalized spacial score (nSPS) is 11.0. The van der Waals surface area contributed by atoms with E-state index < -0.39 is 0 Å². The molecule has 4 heteroatoms. The van der Waals surface area contributed by atoms with Crippen LogP contribution < -0.4 is 10.2 Å². The smallest absolute Gasteiger partial charge is 0.235 e. The van der Waals surface area contributed by atoms with Crippen molar-refractivity contribution in [1.82, 2.24) is 0 Å². The lowest BCUT2D eigenvalue weighted by Crippen LogP contribution is -2.04. The summed E-state index contributed by atoms with van der Waals surface area (Å²) < 4.78 is 11.1. The largest absolute Gasteiger partial charge is 0.508 e. The third-order valence-corrected chi connectivity index (χ3v) is 3.68. The molecule has 112 valence electrons. The maximum atomic E-state index is 12.4. The SMILES string of the molecule is O=c1c(Oc2ccc3ccccc3c2)coc2cc(O)ccc12. The van der Waals surface area contributed by atoms with Crippen LogP contribution in [0.15, 0.2) is 76.1 Å². The number of hydrogen-bond acceptors (Lipinski definition) is 4. The molecule has 1 heterocycles. The molecule has 0 saturated heterocycles. The Morgan fingerprint density at radius 2 is 1.74 bits per heavy atom. The first kappa shape index (κ1) is 13.4. The van der Waals surface area contributed by atoms with Gasteiger partial charge < -0.3 is 14.3 Å². The Morgan fingerprint density at radius 3 is 2.61 bits per heavy atom. The summed E-state index contributed by atoms with van der Waals surface area (Å²) in [4.78, 5) is 12.4. The first-order valence-corrected chi connectivity index (χ1v) is 7.12. The fourth-order valence-corrected chi connectivity index (χ4v) is 2.53. The molecule has 0 amide bonds. The van der Waals surface area contributed by atoms with Crippen LogP contribution >= 0.6 is 0 Å². The van der Waals surface area contributed by atoms with E-state index >= 15 is 0 Å².